The predicted octanol–water partition coefficient (Wildman–Crippen LogP) is 5.23. The third-order valence-corrected chi connectivity index (χ3v) is 8.56. The number of hydrogen-bond acceptors (Lipinski definition) is 10. The van der Waals surface area contributed by atoms with E-state index in [9.17, 15) is 4.79 Å². The lowest BCUT2D eigenvalue weighted by Crippen LogP contribution is -2.48. The molecule has 1 aromatic heterocycles. The molecule has 0 radical (unpaired) electrons. The molecule has 0 spiro atoms. The van der Waals surface area contributed by atoms with Gasteiger partial charge in [0.15, 0.2) is 5.82 Å². The third kappa shape index (κ3) is 7.36. The molecule has 0 aliphatic carbocycles. The molecular weight excluding hydrogens is 603 g/mol. The molecule has 0 bridgehead atoms. The number of piperazine rings is 1. The molecule has 3 heterocycles. The number of nitrogens with zero attached hydrogens (tertiary/aromatic N) is 6. The average Bonchev–Trinajstić information content (AvgIpc) is 3.52. The van der Waals surface area contributed by atoms with Gasteiger partial charge in [0.05, 0.1) is 46.9 Å². The molecule has 44 heavy (non-hydrogen) atoms. The standard InChI is InChI=1S/C31H38Cl2N8O3/c1-5-30(42)37-23-17-24(27(43-4)18-26(23)40-14-12-39(13-15-40)11-10-38(2)3)36-28-19-29(35-20-34-28)41-25(9-16-44-41)21-7-6-8-22(32)31(21)33/h5-8,17-20,25H,1,9-16H2,2-4H3,(H,37,42)(H,34,35,36)/t25-/m1/s1. The summed E-state index contributed by atoms with van der Waals surface area (Å²) in [4.78, 5) is 34.2. The number of amides is 1. The van der Waals surface area contributed by atoms with E-state index in [1.807, 2.05) is 24.3 Å². The number of rotatable bonds is 11. The van der Waals surface area contributed by atoms with Gasteiger partial charge in [0, 0.05) is 57.8 Å². The van der Waals surface area contributed by atoms with Crippen LogP contribution in [0, 0.1) is 0 Å². The fourth-order valence-corrected chi connectivity index (χ4v) is 5.80. The minimum Gasteiger partial charge on any atom is -0.494 e. The maximum Gasteiger partial charge on any atom is 0.247 e. The second kappa shape index (κ2) is 14.4. The highest BCUT2D eigenvalue weighted by Crippen LogP contribution is 2.41. The molecule has 2 fully saturated rings. The second-order valence-corrected chi connectivity index (χ2v) is 11.7. The summed E-state index contributed by atoms with van der Waals surface area (Å²) in [6, 6.07) is 11.0. The van der Waals surface area contributed by atoms with Crippen LogP contribution in [0.3, 0.4) is 0 Å². The number of halogens is 2. The molecule has 11 nitrogen and oxygen atoms in total. The third-order valence-electron chi connectivity index (χ3n) is 7.72. The summed E-state index contributed by atoms with van der Waals surface area (Å²) in [6.07, 6.45) is 3.45. The minimum absolute atomic E-state index is 0.165. The van der Waals surface area contributed by atoms with Gasteiger partial charge >= 0.3 is 0 Å². The monoisotopic (exact) mass is 640 g/mol. The largest absolute Gasteiger partial charge is 0.494 e. The highest BCUT2D eigenvalue weighted by atomic mass is 35.5. The van der Waals surface area contributed by atoms with Gasteiger partial charge in [-0.25, -0.2) is 15.0 Å². The molecule has 0 unspecified atom stereocenters. The van der Waals surface area contributed by atoms with Gasteiger partial charge in [-0.2, -0.15) is 0 Å². The van der Waals surface area contributed by atoms with Gasteiger partial charge in [0.2, 0.25) is 5.91 Å². The van der Waals surface area contributed by atoms with Crippen molar-refractivity contribution in [2.75, 3.05) is 87.7 Å². The van der Waals surface area contributed by atoms with E-state index in [2.05, 4.69) is 56.0 Å². The Bertz CT molecular complexity index is 1480. The number of nitrogens with one attached hydrogen (secondary N) is 2. The van der Waals surface area contributed by atoms with E-state index in [1.54, 1.807) is 24.3 Å². The molecule has 0 saturated carbocycles. The molecule has 13 heteroatoms. The van der Waals surface area contributed by atoms with Gasteiger partial charge < -0.3 is 25.2 Å². The van der Waals surface area contributed by atoms with Gasteiger partial charge in [-0.3, -0.25) is 14.5 Å². The van der Waals surface area contributed by atoms with Crippen molar-refractivity contribution in [3.05, 3.63) is 71.0 Å². The summed E-state index contributed by atoms with van der Waals surface area (Å²) >= 11 is 12.8. The highest BCUT2D eigenvalue weighted by Gasteiger charge is 2.31. The van der Waals surface area contributed by atoms with Crippen LogP contribution in [0.1, 0.15) is 18.0 Å². The number of carbonyl (C=O) groups excluding carboxylic acids is 1. The van der Waals surface area contributed by atoms with E-state index in [0.717, 1.165) is 56.9 Å². The number of likely N-dealkylation sites (N-methyl/N-ethyl adjacent to an activating group) is 1. The zero-order chi connectivity index (χ0) is 31.2. The van der Waals surface area contributed by atoms with Crippen LogP contribution >= 0.6 is 23.2 Å². The predicted molar refractivity (Wildman–Crippen MR) is 177 cm³/mol. The fraction of sp³-hybridized carbons (Fsp3) is 0.387. The van der Waals surface area contributed by atoms with Crippen LogP contribution < -0.4 is 25.3 Å². The number of benzene rings is 2. The summed E-state index contributed by atoms with van der Waals surface area (Å²) in [5.41, 5.74) is 3.02. The van der Waals surface area contributed by atoms with Crippen molar-refractivity contribution >= 4 is 57.8 Å². The Labute approximate surface area is 268 Å². The van der Waals surface area contributed by atoms with Crippen molar-refractivity contribution in [2.24, 2.45) is 0 Å². The molecule has 2 aliphatic rings. The van der Waals surface area contributed by atoms with E-state index in [-0.39, 0.29) is 11.9 Å². The SMILES string of the molecule is C=CC(=O)Nc1cc(Nc2cc(N3OCC[C@@H]3c3cccc(Cl)c3Cl)ncn2)c(OC)cc1N1CCN(CCN(C)C)CC1. The first-order chi connectivity index (χ1) is 21.3. The smallest absolute Gasteiger partial charge is 0.247 e. The summed E-state index contributed by atoms with van der Waals surface area (Å²) in [6.45, 7) is 9.66. The van der Waals surface area contributed by atoms with Crippen molar-refractivity contribution in [3.8, 4) is 5.75 Å². The first-order valence-corrected chi connectivity index (χ1v) is 15.3. The molecule has 2 aromatic carbocycles. The molecule has 1 atom stereocenters. The number of ether oxygens (including phenoxy) is 1. The summed E-state index contributed by atoms with van der Waals surface area (Å²) < 4.78 is 5.81. The summed E-state index contributed by atoms with van der Waals surface area (Å²) in [5.74, 6) is 1.38. The Balaban J connectivity index is 1.39. The van der Waals surface area contributed by atoms with Gasteiger partial charge in [0.25, 0.3) is 0 Å². The minimum atomic E-state index is -0.298. The van der Waals surface area contributed by atoms with Crippen LogP contribution in [0.15, 0.2) is 55.4 Å². The Kier molecular flexibility index (Phi) is 10.4. The maximum absolute atomic E-state index is 12.5. The Morgan fingerprint density at radius 2 is 1.95 bits per heavy atom. The topological polar surface area (TPSA) is 98.3 Å². The maximum atomic E-state index is 12.5. The number of hydrogen-bond donors (Lipinski definition) is 2. The number of methoxy groups -OCH3 is 1. The second-order valence-electron chi connectivity index (χ2n) is 10.9. The van der Waals surface area contributed by atoms with E-state index < -0.39 is 0 Å². The lowest BCUT2D eigenvalue weighted by molar-refractivity contribution is -0.111. The van der Waals surface area contributed by atoms with Crippen molar-refractivity contribution in [3.63, 3.8) is 0 Å². The Morgan fingerprint density at radius 1 is 1.16 bits per heavy atom. The van der Waals surface area contributed by atoms with E-state index in [1.165, 1.54) is 12.4 Å². The summed E-state index contributed by atoms with van der Waals surface area (Å²) in [5, 5.41) is 9.04. The van der Waals surface area contributed by atoms with E-state index >= 15 is 0 Å². The van der Waals surface area contributed by atoms with Crippen LogP contribution in [0.4, 0.5) is 28.7 Å². The highest BCUT2D eigenvalue weighted by molar-refractivity contribution is 6.42. The zero-order valence-corrected chi connectivity index (χ0v) is 26.7. The van der Waals surface area contributed by atoms with Crippen LogP contribution in [-0.4, -0.2) is 92.8 Å². The average molecular weight is 642 g/mol. The van der Waals surface area contributed by atoms with Crippen LogP contribution in [0.2, 0.25) is 10.0 Å². The van der Waals surface area contributed by atoms with E-state index in [0.29, 0.717) is 45.4 Å². The van der Waals surface area contributed by atoms with Crippen molar-refractivity contribution in [1.29, 1.82) is 0 Å². The van der Waals surface area contributed by atoms with Crippen molar-refractivity contribution in [2.45, 2.75) is 12.5 Å². The van der Waals surface area contributed by atoms with Crippen molar-refractivity contribution in [1.82, 2.24) is 19.8 Å². The van der Waals surface area contributed by atoms with Crippen molar-refractivity contribution < 1.29 is 14.4 Å². The number of anilines is 5. The molecule has 3 aromatic rings. The normalized spacial score (nSPS) is 17.2. The molecule has 5 rings (SSSR count). The number of carbonyl (C=O) groups is 1. The van der Waals surface area contributed by atoms with Gasteiger partial charge in [-0.05, 0) is 37.9 Å². The molecule has 1 amide bonds. The van der Waals surface area contributed by atoms with Crippen LogP contribution in [0.25, 0.3) is 0 Å². The number of aromatic nitrogens is 2. The fourth-order valence-electron chi connectivity index (χ4n) is 5.36. The lowest BCUT2D eigenvalue weighted by atomic mass is 10.0. The lowest BCUT2D eigenvalue weighted by Gasteiger charge is -2.37. The van der Waals surface area contributed by atoms with Crippen LogP contribution in [-0.2, 0) is 9.63 Å². The zero-order valence-electron chi connectivity index (χ0n) is 25.2. The molecular formula is C31H38Cl2N8O3. The molecule has 2 aliphatic heterocycles. The molecule has 2 N–H and O–H groups in total. The Morgan fingerprint density at radius 3 is 2.68 bits per heavy atom. The van der Waals surface area contributed by atoms with Gasteiger partial charge in [0.1, 0.15) is 17.9 Å². The van der Waals surface area contributed by atoms with E-state index in [4.69, 9.17) is 32.8 Å². The Hall–Kier alpha value is -3.61. The first-order valence-electron chi connectivity index (χ1n) is 14.5. The van der Waals surface area contributed by atoms with Gasteiger partial charge in [-0.15, -0.1) is 0 Å². The molecule has 234 valence electrons. The quantitative estimate of drug-likeness (QED) is 0.271. The molecule has 2 saturated heterocycles. The number of hydroxylamine groups is 1. The van der Waals surface area contributed by atoms with Crippen LogP contribution in [0.5, 0.6) is 5.75 Å². The summed E-state index contributed by atoms with van der Waals surface area (Å²) in [7, 11) is 5.79. The first kappa shape index (κ1) is 31.8. The van der Waals surface area contributed by atoms with Gasteiger partial charge in [-0.1, -0.05) is 41.9 Å².